The molecular weight excluding hydrogens is 403 g/mol. The van der Waals surface area contributed by atoms with Gasteiger partial charge in [-0.1, -0.05) is 42.5 Å². The number of pyridine rings is 1. The number of H-pyrrole nitrogens is 1. The lowest BCUT2D eigenvalue weighted by Crippen LogP contribution is -2.25. The highest BCUT2D eigenvalue weighted by atomic mass is 19.1. The Morgan fingerprint density at radius 3 is 2.35 bits per heavy atom. The monoisotopic (exact) mass is 424 g/mol. The van der Waals surface area contributed by atoms with Crippen molar-refractivity contribution in [2.24, 2.45) is 0 Å². The van der Waals surface area contributed by atoms with Crippen molar-refractivity contribution in [3.8, 4) is 0 Å². The standard InChI is InChI=1S/C23H21FN2O5/c1-14-18(12-20(27)28)19(11-15-7-9-17(24)10-8-15)21(22(29)25-14)26-23(30)31-13-16-5-3-2-4-6-16/h2-10H,11-13H2,1H3,(H,25,29)(H,26,30)(H,27,28). The molecule has 8 heteroatoms. The molecule has 0 aliphatic carbocycles. The number of amides is 1. The summed E-state index contributed by atoms with van der Waals surface area (Å²) in [4.78, 5) is 38.9. The summed E-state index contributed by atoms with van der Waals surface area (Å²) in [6, 6.07) is 14.6. The second kappa shape index (κ2) is 9.71. The summed E-state index contributed by atoms with van der Waals surface area (Å²) in [5.41, 5.74) is 1.84. The van der Waals surface area contributed by atoms with Gasteiger partial charge in [0, 0.05) is 12.1 Å². The number of carbonyl (C=O) groups is 2. The van der Waals surface area contributed by atoms with E-state index in [-0.39, 0.29) is 25.1 Å². The number of hydrogen-bond acceptors (Lipinski definition) is 4. The average molecular weight is 424 g/mol. The molecule has 0 unspecified atom stereocenters. The molecule has 0 aliphatic rings. The van der Waals surface area contributed by atoms with Gasteiger partial charge in [0.05, 0.1) is 6.42 Å². The molecule has 3 aromatic rings. The molecule has 31 heavy (non-hydrogen) atoms. The van der Waals surface area contributed by atoms with E-state index in [0.29, 0.717) is 22.4 Å². The number of nitrogens with one attached hydrogen (secondary N) is 2. The number of halogens is 1. The summed E-state index contributed by atoms with van der Waals surface area (Å²) < 4.78 is 18.5. The van der Waals surface area contributed by atoms with Crippen LogP contribution in [0.15, 0.2) is 59.4 Å². The molecule has 0 radical (unpaired) electrons. The fourth-order valence-electron chi connectivity index (χ4n) is 3.21. The molecule has 2 aromatic carbocycles. The van der Waals surface area contributed by atoms with E-state index >= 15 is 0 Å². The highest BCUT2D eigenvalue weighted by Gasteiger charge is 2.20. The van der Waals surface area contributed by atoms with Crippen molar-refractivity contribution < 1.29 is 23.8 Å². The van der Waals surface area contributed by atoms with Gasteiger partial charge in [-0.2, -0.15) is 0 Å². The van der Waals surface area contributed by atoms with Gasteiger partial charge in [0.15, 0.2) is 0 Å². The number of ether oxygens (including phenoxy) is 1. The predicted octanol–water partition coefficient (Wildman–Crippen LogP) is 3.79. The van der Waals surface area contributed by atoms with E-state index in [1.54, 1.807) is 31.2 Å². The van der Waals surface area contributed by atoms with Crippen molar-refractivity contribution in [2.75, 3.05) is 5.32 Å². The van der Waals surface area contributed by atoms with E-state index < -0.39 is 23.4 Å². The highest BCUT2D eigenvalue weighted by molar-refractivity contribution is 5.86. The maximum absolute atomic E-state index is 13.3. The maximum atomic E-state index is 13.3. The number of carboxylic acids is 1. The topological polar surface area (TPSA) is 108 Å². The first-order valence-electron chi connectivity index (χ1n) is 9.52. The Morgan fingerprint density at radius 1 is 1.03 bits per heavy atom. The third-order valence-corrected chi connectivity index (χ3v) is 4.71. The summed E-state index contributed by atoms with van der Waals surface area (Å²) in [5.74, 6) is -1.51. The molecular formula is C23H21FN2O5. The van der Waals surface area contributed by atoms with Gasteiger partial charge in [-0.25, -0.2) is 9.18 Å². The van der Waals surface area contributed by atoms with Gasteiger partial charge in [-0.05, 0) is 41.3 Å². The molecule has 160 valence electrons. The average Bonchev–Trinajstić information content (AvgIpc) is 2.74. The van der Waals surface area contributed by atoms with Gasteiger partial charge < -0.3 is 14.8 Å². The normalized spacial score (nSPS) is 10.5. The summed E-state index contributed by atoms with van der Waals surface area (Å²) in [6.07, 6.45) is -1.07. The molecule has 1 amide bonds. The number of rotatable bonds is 7. The van der Waals surface area contributed by atoms with E-state index in [4.69, 9.17) is 4.74 Å². The smallest absolute Gasteiger partial charge is 0.412 e. The van der Waals surface area contributed by atoms with Gasteiger partial charge in [0.1, 0.15) is 18.1 Å². The number of hydrogen-bond donors (Lipinski definition) is 3. The van der Waals surface area contributed by atoms with Gasteiger partial charge in [-0.3, -0.25) is 14.9 Å². The lowest BCUT2D eigenvalue weighted by Gasteiger charge is -2.17. The fourth-order valence-corrected chi connectivity index (χ4v) is 3.21. The van der Waals surface area contributed by atoms with E-state index in [2.05, 4.69) is 10.3 Å². The predicted molar refractivity (Wildman–Crippen MR) is 113 cm³/mol. The number of anilines is 1. The third kappa shape index (κ3) is 5.79. The molecule has 1 aromatic heterocycles. The minimum absolute atomic E-state index is 0.00567. The lowest BCUT2D eigenvalue weighted by molar-refractivity contribution is -0.136. The van der Waals surface area contributed by atoms with Crippen LogP contribution in [-0.4, -0.2) is 22.2 Å². The first-order valence-corrected chi connectivity index (χ1v) is 9.52. The van der Waals surface area contributed by atoms with Crippen LogP contribution in [0.1, 0.15) is 27.9 Å². The van der Waals surface area contributed by atoms with Crippen LogP contribution >= 0.6 is 0 Å². The molecule has 1 heterocycles. The summed E-state index contributed by atoms with van der Waals surface area (Å²) in [6.45, 7) is 1.59. The first-order chi connectivity index (χ1) is 14.8. The van der Waals surface area contributed by atoms with Crippen LogP contribution in [0.2, 0.25) is 0 Å². The number of carbonyl (C=O) groups excluding carboxylic acids is 1. The molecule has 3 N–H and O–H groups in total. The van der Waals surface area contributed by atoms with Gasteiger partial charge in [0.25, 0.3) is 5.56 Å². The van der Waals surface area contributed by atoms with Gasteiger partial charge in [0.2, 0.25) is 0 Å². The maximum Gasteiger partial charge on any atom is 0.412 e. The summed E-state index contributed by atoms with van der Waals surface area (Å²) in [5, 5.41) is 11.8. The highest BCUT2D eigenvalue weighted by Crippen LogP contribution is 2.23. The molecule has 0 aliphatic heterocycles. The van der Waals surface area contributed by atoms with Crippen LogP contribution in [0.4, 0.5) is 14.9 Å². The largest absolute Gasteiger partial charge is 0.481 e. The van der Waals surface area contributed by atoms with Crippen LogP contribution in [0, 0.1) is 12.7 Å². The molecule has 0 atom stereocenters. The van der Waals surface area contributed by atoms with Crippen LogP contribution < -0.4 is 10.9 Å². The van der Waals surface area contributed by atoms with Gasteiger partial charge >= 0.3 is 12.1 Å². The zero-order chi connectivity index (χ0) is 22.4. The number of benzene rings is 2. The minimum Gasteiger partial charge on any atom is -0.481 e. The van der Waals surface area contributed by atoms with Crippen molar-refractivity contribution in [1.82, 2.24) is 4.98 Å². The van der Waals surface area contributed by atoms with Crippen molar-refractivity contribution in [3.63, 3.8) is 0 Å². The summed E-state index contributed by atoms with van der Waals surface area (Å²) >= 11 is 0. The molecule has 0 fully saturated rings. The van der Waals surface area contributed by atoms with Crippen LogP contribution in [-0.2, 0) is 29.0 Å². The third-order valence-electron chi connectivity index (χ3n) is 4.71. The second-order valence-corrected chi connectivity index (χ2v) is 6.97. The molecule has 0 saturated carbocycles. The van der Waals surface area contributed by atoms with Crippen LogP contribution in [0.25, 0.3) is 0 Å². The lowest BCUT2D eigenvalue weighted by atomic mass is 9.95. The first kappa shape index (κ1) is 21.8. The number of aryl methyl sites for hydroxylation is 1. The van der Waals surface area contributed by atoms with E-state index in [0.717, 1.165) is 5.56 Å². The van der Waals surface area contributed by atoms with E-state index in [9.17, 15) is 23.9 Å². The Balaban J connectivity index is 1.93. The van der Waals surface area contributed by atoms with Crippen molar-refractivity contribution in [1.29, 1.82) is 0 Å². The zero-order valence-electron chi connectivity index (χ0n) is 16.8. The Labute approximate surface area is 177 Å². The minimum atomic E-state index is -1.09. The SMILES string of the molecule is Cc1[nH]c(=O)c(NC(=O)OCc2ccccc2)c(Cc2ccc(F)cc2)c1CC(=O)O. The quantitative estimate of drug-likeness (QED) is 0.535. The molecule has 7 nitrogen and oxygen atoms in total. The van der Waals surface area contributed by atoms with E-state index in [1.807, 2.05) is 6.07 Å². The number of carboxylic acid groups (broad SMARTS) is 1. The number of aliphatic carboxylic acids is 1. The second-order valence-electron chi connectivity index (χ2n) is 6.97. The molecule has 0 spiro atoms. The fraction of sp³-hybridized carbons (Fsp3) is 0.174. The van der Waals surface area contributed by atoms with Gasteiger partial charge in [-0.15, -0.1) is 0 Å². The Morgan fingerprint density at radius 2 is 1.71 bits per heavy atom. The number of aromatic nitrogens is 1. The van der Waals surface area contributed by atoms with Crippen LogP contribution in [0.3, 0.4) is 0 Å². The summed E-state index contributed by atoms with van der Waals surface area (Å²) in [7, 11) is 0. The van der Waals surface area contributed by atoms with E-state index in [1.165, 1.54) is 24.3 Å². The Hall–Kier alpha value is -3.94. The number of aromatic amines is 1. The van der Waals surface area contributed by atoms with Crippen LogP contribution in [0.5, 0.6) is 0 Å². The van der Waals surface area contributed by atoms with Crippen molar-refractivity contribution in [2.45, 2.75) is 26.4 Å². The van der Waals surface area contributed by atoms with Crippen molar-refractivity contribution >= 4 is 17.7 Å². The zero-order valence-corrected chi connectivity index (χ0v) is 16.8. The molecule has 0 saturated heterocycles. The Bertz CT molecular complexity index is 1140. The molecule has 3 rings (SSSR count). The Kier molecular flexibility index (Phi) is 6.81. The van der Waals surface area contributed by atoms with Crippen molar-refractivity contribution in [3.05, 3.63) is 98.7 Å². The molecule has 0 bridgehead atoms.